The zero-order valence-electron chi connectivity index (χ0n) is 16.3. The Hall–Kier alpha value is -2.80. The molecule has 1 aliphatic carbocycles. The van der Waals surface area contributed by atoms with Gasteiger partial charge in [-0.05, 0) is 37.8 Å². The number of rotatable bonds is 8. The van der Waals surface area contributed by atoms with Crippen molar-refractivity contribution in [2.24, 2.45) is 5.92 Å². The van der Waals surface area contributed by atoms with Crippen molar-refractivity contribution in [3.05, 3.63) is 35.5 Å². The van der Waals surface area contributed by atoms with Gasteiger partial charge in [0.05, 0.1) is 23.9 Å². The molecule has 1 unspecified atom stereocenters. The number of fused-ring (bicyclic) bond motifs is 1. The summed E-state index contributed by atoms with van der Waals surface area (Å²) in [6, 6.07) is 7.12. The van der Waals surface area contributed by atoms with E-state index in [0.29, 0.717) is 46.0 Å². The molecule has 1 N–H and O–H groups in total. The topological polar surface area (TPSA) is 86.5 Å². The second-order valence-electron chi connectivity index (χ2n) is 7.32. The molecule has 1 saturated carbocycles. The quantitative estimate of drug-likeness (QED) is 0.592. The molecule has 1 fully saturated rings. The third-order valence-electron chi connectivity index (χ3n) is 4.51. The molecule has 152 valence electrons. The second-order valence-corrected chi connectivity index (χ2v) is 7.72. The van der Waals surface area contributed by atoms with E-state index in [9.17, 15) is 4.79 Å². The van der Waals surface area contributed by atoms with Crippen LogP contribution >= 0.6 is 11.6 Å². The Labute approximate surface area is 173 Å². The number of nitrogens with zero attached hydrogens (tertiary/aromatic N) is 2. The van der Waals surface area contributed by atoms with Crippen LogP contribution in [0.1, 0.15) is 26.7 Å². The van der Waals surface area contributed by atoms with Crippen molar-refractivity contribution in [3.8, 4) is 23.1 Å². The highest BCUT2D eigenvalue weighted by molar-refractivity contribution is 6.33. The number of nitrogens with one attached hydrogen (secondary N) is 1. The lowest BCUT2D eigenvalue weighted by Gasteiger charge is -2.13. The molecular weight excluding hydrogens is 394 g/mol. The molecule has 2 aromatic heterocycles. The number of aromatic nitrogens is 2. The number of ether oxygens (including phenoxy) is 2. The lowest BCUT2D eigenvalue weighted by molar-refractivity contribution is -0.119. The monoisotopic (exact) mass is 415 g/mol. The number of benzene rings is 1. The first-order chi connectivity index (χ1) is 14.0. The Morgan fingerprint density at radius 1 is 1.31 bits per heavy atom. The molecule has 1 aliphatic rings. The summed E-state index contributed by atoms with van der Waals surface area (Å²) < 4.78 is 17.3. The molecule has 1 aromatic carbocycles. The summed E-state index contributed by atoms with van der Waals surface area (Å²) in [4.78, 5) is 19.9. The molecular formula is C21H22ClN3O4. The first-order valence-corrected chi connectivity index (χ1v) is 9.95. The average Bonchev–Trinajstić information content (AvgIpc) is 3.41. The van der Waals surface area contributed by atoms with E-state index < -0.39 is 0 Å². The maximum atomic E-state index is 11.1. The van der Waals surface area contributed by atoms with E-state index >= 15 is 0 Å². The minimum atomic E-state index is -0.126. The van der Waals surface area contributed by atoms with Crippen LogP contribution in [0.15, 0.2) is 34.9 Å². The van der Waals surface area contributed by atoms with E-state index in [4.69, 9.17) is 25.5 Å². The van der Waals surface area contributed by atoms with Crippen LogP contribution in [0.4, 0.5) is 0 Å². The summed E-state index contributed by atoms with van der Waals surface area (Å²) in [6.45, 7) is 4.36. The molecule has 0 bridgehead atoms. The third kappa shape index (κ3) is 4.98. The fraction of sp³-hybridized carbons (Fsp3) is 0.381. The van der Waals surface area contributed by atoms with Crippen molar-refractivity contribution in [1.29, 1.82) is 0 Å². The predicted octanol–water partition coefficient (Wildman–Crippen LogP) is 4.24. The van der Waals surface area contributed by atoms with E-state index in [1.54, 1.807) is 12.3 Å². The van der Waals surface area contributed by atoms with Crippen molar-refractivity contribution in [1.82, 2.24) is 15.3 Å². The minimum absolute atomic E-state index is 0.107. The van der Waals surface area contributed by atoms with Gasteiger partial charge >= 0.3 is 0 Å². The summed E-state index contributed by atoms with van der Waals surface area (Å²) >= 11 is 6.38. The molecule has 7 nitrogen and oxygen atoms in total. The van der Waals surface area contributed by atoms with Crippen LogP contribution in [0.3, 0.4) is 0 Å². The van der Waals surface area contributed by atoms with Gasteiger partial charge in [-0.1, -0.05) is 11.6 Å². The van der Waals surface area contributed by atoms with Crippen LogP contribution < -0.4 is 14.8 Å². The maximum absolute atomic E-state index is 11.1. The molecule has 0 spiro atoms. The molecule has 29 heavy (non-hydrogen) atoms. The molecule has 4 rings (SSSR count). The van der Waals surface area contributed by atoms with Crippen molar-refractivity contribution in [2.75, 3.05) is 13.2 Å². The largest absolute Gasteiger partial charge is 0.493 e. The van der Waals surface area contributed by atoms with E-state index in [2.05, 4.69) is 15.3 Å². The zero-order chi connectivity index (χ0) is 20.4. The molecule has 0 radical (unpaired) electrons. The molecule has 2 heterocycles. The molecule has 1 amide bonds. The normalized spacial score (nSPS) is 14.6. The lowest BCUT2D eigenvalue weighted by Crippen LogP contribution is -2.35. The highest BCUT2D eigenvalue weighted by Gasteiger charge is 2.22. The zero-order valence-corrected chi connectivity index (χ0v) is 17.0. The first-order valence-electron chi connectivity index (χ1n) is 9.57. The Balaban J connectivity index is 1.47. The number of carbonyl (C=O) groups is 1. The smallest absolute Gasteiger partial charge is 0.247 e. The summed E-state index contributed by atoms with van der Waals surface area (Å²) in [5, 5.41) is 3.12. The lowest BCUT2D eigenvalue weighted by atomic mass is 10.3. The number of oxazole rings is 1. The maximum Gasteiger partial charge on any atom is 0.247 e. The standard InChI is InChI=1S/C21H22ClN3O4/c1-12(24-13(2)26)10-27-16-7-17(22)20(23-9-16)21-25-18-6-5-15(8-19(18)29-21)28-11-14-3-4-14/h5-9,12,14H,3-4,10-11H2,1-2H3,(H,24,26). The van der Waals surface area contributed by atoms with Gasteiger partial charge < -0.3 is 19.2 Å². The van der Waals surface area contributed by atoms with E-state index in [1.807, 2.05) is 25.1 Å². The number of carbonyl (C=O) groups excluding carboxylic acids is 1. The second kappa shape index (κ2) is 8.29. The van der Waals surface area contributed by atoms with Crippen LogP contribution in [0, 0.1) is 5.92 Å². The Morgan fingerprint density at radius 3 is 2.86 bits per heavy atom. The van der Waals surface area contributed by atoms with Gasteiger partial charge in [0.1, 0.15) is 29.3 Å². The van der Waals surface area contributed by atoms with Gasteiger partial charge in [-0.3, -0.25) is 4.79 Å². The van der Waals surface area contributed by atoms with Gasteiger partial charge in [0.2, 0.25) is 11.8 Å². The van der Waals surface area contributed by atoms with Crippen molar-refractivity contribution < 1.29 is 18.7 Å². The number of pyridine rings is 1. The number of halogens is 1. The molecule has 1 atom stereocenters. The highest BCUT2D eigenvalue weighted by atomic mass is 35.5. The first kappa shape index (κ1) is 19.5. The van der Waals surface area contributed by atoms with Crippen LogP contribution in [-0.4, -0.2) is 35.1 Å². The number of hydrogen-bond acceptors (Lipinski definition) is 6. The SMILES string of the molecule is CC(=O)NC(C)COc1cnc(-c2nc3ccc(OCC4CC4)cc3o2)c(Cl)c1. The van der Waals surface area contributed by atoms with E-state index in [1.165, 1.54) is 19.8 Å². The van der Waals surface area contributed by atoms with Crippen LogP contribution in [0.2, 0.25) is 5.02 Å². The fourth-order valence-electron chi connectivity index (χ4n) is 2.86. The van der Waals surface area contributed by atoms with Gasteiger partial charge in [-0.15, -0.1) is 0 Å². The van der Waals surface area contributed by atoms with Crippen LogP contribution in [0.5, 0.6) is 11.5 Å². The summed E-state index contributed by atoms with van der Waals surface area (Å²) in [7, 11) is 0. The summed E-state index contributed by atoms with van der Waals surface area (Å²) in [6.07, 6.45) is 4.04. The Bertz CT molecular complexity index is 1030. The van der Waals surface area contributed by atoms with E-state index in [0.717, 1.165) is 12.4 Å². The summed E-state index contributed by atoms with van der Waals surface area (Å²) in [5.74, 6) is 2.18. The Kier molecular flexibility index (Phi) is 5.58. The van der Waals surface area contributed by atoms with Gasteiger partial charge in [0, 0.05) is 19.1 Å². The number of amides is 1. The van der Waals surface area contributed by atoms with Gasteiger partial charge in [-0.2, -0.15) is 0 Å². The van der Waals surface area contributed by atoms with Gasteiger partial charge in [0.25, 0.3) is 0 Å². The van der Waals surface area contributed by atoms with Crippen molar-refractivity contribution in [2.45, 2.75) is 32.7 Å². The molecule has 3 aromatic rings. The van der Waals surface area contributed by atoms with Gasteiger partial charge in [0.15, 0.2) is 5.58 Å². The van der Waals surface area contributed by atoms with Crippen molar-refractivity contribution >= 4 is 28.6 Å². The summed E-state index contributed by atoms with van der Waals surface area (Å²) in [5.41, 5.74) is 1.77. The molecule has 8 heteroatoms. The van der Waals surface area contributed by atoms with Crippen molar-refractivity contribution in [3.63, 3.8) is 0 Å². The van der Waals surface area contributed by atoms with Gasteiger partial charge in [-0.25, -0.2) is 9.97 Å². The molecule has 0 aliphatic heterocycles. The minimum Gasteiger partial charge on any atom is -0.493 e. The Morgan fingerprint density at radius 2 is 2.14 bits per heavy atom. The van der Waals surface area contributed by atoms with E-state index in [-0.39, 0.29) is 11.9 Å². The molecule has 0 saturated heterocycles. The third-order valence-corrected chi connectivity index (χ3v) is 4.80. The van der Waals surface area contributed by atoms with Crippen LogP contribution in [0.25, 0.3) is 22.7 Å². The highest BCUT2D eigenvalue weighted by Crippen LogP contribution is 2.33. The number of hydrogen-bond donors (Lipinski definition) is 1. The average molecular weight is 416 g/mol. The predicted molar refractivity (Wildman–Crippen MR) is 109 cm³/mol. The fourth-order valence-corrected chi connectivity index (χ4v) is 3.10. The van der Waals surface area contributed by atoms with Crippen LogP contribution in [-0.2, 0) is 4.79 Å².